The van der Waals surface area contributed by atoms with Crippen molar-refractivity contribution in [2.24, 2.45) is 11.7 Å². The quantitative estimate of drug-likeness (QED) is 0.724. The summed E-state index contributed by atoms with van der Waals surface area (Å²) in [5.74, 6) is 1.49. The Balaban J connectivity index is 2.21. The lowest BCUT2D eigenvalue weighted by atomic mass is 9.70. The standard InChI is InChI=1S/C11H15NO/c12-7-8-5-6-9(8)10-3-1-2-4-11(10)13/h1-4,8-9,13H,5-7,12H2. The molecular formula is C11H15NO. The highest BCUT2D eigenvalue weighted by atomic mass is 16.3. The first kappa shape index (κ1) is 8.57. The molecule has 2 nitrogen and oxygen atoms in total. The molecule has 1 aliphatic rings. The van der Waals surface area contributed by atoms with Gasteiger partial charge in [-0.25, -0.2) is 0 Å². The summed E-state index contributed by atoms with van der Waals surface area (Å²) >= 11 is 0. The van der Waals surface area contributed by atoms with Crippen molar-refractivity contribution < 1.29 is 5.11 Å². The van der Waals surface area contributed by atoms with Crippen molar-refractivity contribution in [1.29, 1.82) is 0 Å². The maximum atomic E-state index is 9.62. The molecule has 2 rings (SSSR count). The van der Waals surface area contributed by atoms with Crippen LogP contribution >= 0.6 is 0 Å². The molecule has 0 saturated heterocycles. The molecular weight excluding hydrogens is 162 g/mol. The van der Waals surface area contributed by atoms with E-state index in [1.807, 2.05) is 18.2 Å². The first-order valence-electron chi connectivity index (χ1n) is 4.81. The molecule has 0 spiro atoms. The molecule has 0 amide bonds. The van der Waals surface area contributed by atoms with E-state index in [2.05, 4.69) is 0 Å². The molecule has 1 aromatic carbocycles. The number of rotatable bonds is 2. The smallest absolute Gasteiger partial charge is 0.119 e. The van der Waals surface area contributed by atoms with Crippen molar-refractivity contribution >= 4 is 0 Å². The van der Waals surface area contributed by atoms with Gasteiger partial charge in [-0.2, -0.15) is 0 Å². The van der Waals surface area contributed by atoms with Gasteiger partial charge >= 0.3 is 0 Å². The molecule has 2 unspecified atom stereocenters. The molecule has 1 fully saturated rings. The van der Waals surface area contributed by atoms with Gasteiger partial charge in [-0.15, -0.1) is 0 Å². The summed E-state index contributed by atoms with van der Waals surface area (Å²) in [6, 6.07) is 7.58. The number of nitrogens with two attached hydrogens (primary N) is 1. The molecule has 0 aromatic heterocycles. The lowest BCUT2D eigenvalue weighted by Gasteiger charge is -2.36. The summed E-state index contributed by atoms with van der Waals surface area (Å²) in [4.78, 5) is 0. The summed E-state index contributed by atoms with van der Waals surface area (Å²) < 4.78 is 0. The van der Waals surface area contributed by atoms with Crippen LogP contribution in [-0.2, 0) is 0 Å². The molecule has 0 bridgehead atoms. The predicted molar refractivity (Wildman–Crippen MR) is 52.6 cm³/mol. The number of para-hydroxylation sites is 1. The van der Waals surface area contributed by atoms with Crippen LogP contribution in [0.5, 0.6) is 5.75 Å². The zero-order valence-corrected chi connectivity index (χ0v) is 7.61. The van der Waals surface area contributed by atoms with E-state index in [4.69, 9.17) is 5.73 Å². The third-order valence-electron chi connectivity index (χ3n) is 3.06. The Morgan fingerprint density at radius 1 is 1.31 bits per heavy atom. The fourth-order valence-electron chi connectivity index (χ4n) is 2.06. The maximum absolute atomic E-state index is 9.62. The van der Waals surface area contributed by atoms with Crippen molar-refractivity contribution in [2.75, 3.05) is 6.54 Å². The van der Waals surface area contributed by atoms with Crippen LogP contribution in [-0.4, -0.2) is 11.7 Å². The Morgan fingerprint density at radius 2 is 2.08 bits per heavy atom. The fourth-order valence-corrected chi connectivity index (χ4v) is 2.06. The second-order valence-electron chi connectivity index (χ2n) is 3.74. The van der Waals surface area contributed by atoms with Gasteiger partial charge in [-0.05, 0) is 42.9 Å². The minimum Gasteiger partial charge on any atom is -0.508 e. The highest BCUT2D eigenvalue weighted by molar-refractivity contribution is 5.36. The number of aromatic hydroxyl groups is 1. The topological polar surface area (TPSA) is 46.2 Å². The summed E-state index contributed by atoms with van der Waals surface area (Å²) in [6.45, 7) is 0.735. The molecule has 2 atom stereocenters. The Bertz CT molecular complexity index is 296. The molecule has 2 heteroatoms. The maximum Gasteiger partial charge on any atom is 0.119 e. The molecule has 1 aliphatic carbocycles. The van der Waals surface area contributed by atoms with E-state index < -0.39 is 0 Å². The van der Waals surface area contributed by atoms with Crippen LogP contribution in [0.2, 0.25) is 0 Å². The predicted octanol–water partition coefficient (Wildman–Crippen LogP) is 1.84. The second-order valence-corrected chi connectivity index (χ2v) is 3.74. The van der Waals surface area contributed by atoms with E-state index in [1.165, 1.54) is 12.8 Å². The van der Waals surface area contributed by atoms with E-state index in [0.29, 0.717) is 17.6 Å². The van der Waals surface area contributed by atoms with E-state index in [1.54, 1.807) is 6.07 Å². The zero-order chi connectivity index (χ0) is 9.26. The first-order valence-corrected chi connectivity index (χ1v) is 4.81. The highest BCUT2D eigenvalue weighted by Gasteiger charge is 2.32. The Hall–Kier alpha value is -1.02. The Labute approximate surface area is 78.4 Å². The van der Waals surface area contributed by atoms with Gasteiger partial charge in [0.2, 0.25) is 0 Å². The SMILES string of the molecule is NCC1CCC1c1ccccc1O. The number of phenolic OH excluding ortho intramolecular Hbond substituents is 1. The van der Waals surface area contributed by atoms with Gasteiger partial charge in [-0.1, -0.05) is 18.2 Å². The van der Waals surface area contributed by atoms with Gasteiger partial charge in [0.05, 0.1) is 0 Å². The number of hydrogen-bond donors (Lipinski definition) is 2. The van der Waals surface area contributed by atoms with Gasteiger partial charge in [0, 0.05) is 0 Å². The van der Waals surface area contributed by atoms with Crippen molar-refractivity contribution in [1.82, 2.24) is 0 Å². The van der Waals surface area contributed by atoms with E-state index >= 15 is 0 Å². The van der Waals surface area contributed by atoms with Crippen molar-refractivity contribution in [3.8, 4) is 5.75 Å². The molecule has 0 radical (unpaired) electrons. The summed E-state index contributed by atoms with van der Waals surface area (Å²) in [7, 11) is 0. The van der Waals surface area contributed by atoms with Crippen molar-refractivity contribution in [3.05, 3.63) is 29.8 Å². The van der Waals surface area contributed by atoms with Gasteiger partial charge in [0.15, 0.2) is 0 Å². The molecule has 13 heavy (non-hydrogen) atoms. The number of hydrogen-bond acceptors (Lipinski definition) is 2. The number of benzene rings is 1. The van der Waals surface area contributed by atoms with Crippen molar-refractivity contribution in [3.63, 3.8) is 0 Å². The Morgan fingerprint density at radius 3 is 2.62 bits per heavy atom. The first-order chi connectivity index (χ1) is 6.33. The van der Waals surface area contributed by atoms with E-state index in [0.717, 1.165) is 12.1 Å². The van der Waals surface area contributed by atoms with Crippen LogP contribution in [0.4, 0.5) is 0 Å². The minimum atomic E-state index is 0.422. The average Bonchev–Trinajstić information content (AvgIpc) is 2.08. The van der Waals surface area contributed by atoms with Crippen LogP contribution in [0.25, 0.3) is 0 Å². The van der Waals surface area contributed by atoms with Gasteiger partial charge in [-0.3, -0.25) is 0 Å². The largest absolute Gasteiger partial charge is 0.508 e. The molecule has 1 saturated carbocycles. The monoisotopic (exact) mass is 177 g/mol. The molecule has 3 N–H and O–H groups in total. The van der Waals surface area contributed by atoms with Crippen LogP contribution < -0.4 is 5.73 Å². The summed E-state index contributed by atoms with van der Waals surface area (Å²) in [5, 5.41) is 9.62. The van der Waals surface area contributed by atoms with E-state index in [-0.39, 0.29) is 0 Å². The van der Waals surface area contributed by atoms with Gasteiger partial charge in [0.25, 0.3) is 0 Å². The van der Waals surface area contributed by atoms with Gasteiger partial charge in [0.1, 0.15) is 5.75 Å². The van der Waals surface area contributed by atoms with Crippen LogP contribution in [0.15, 0.2) is 24.3 Å². The normalized spacial score (nSPS) is 26.8. The molecule has 0 aliphatic heterocycles. The molecule has 0 heterocycles. The molecule has 70 valence electrons. The minimum absolute atomic E-state index is 0.422. The van der Waals surface area contributed by atoms with Crippen LogP contribution in [0, 0.1) is 5.92 Å². The zero-order valence-electron chi connectivity index (χ0n) is 7.61. The lowest BCUT2D eigenvalue weighted by Crippen LogP contribution is -2.30. The third-order valence-corrected chi connectivity index (χ3v) is 3.06. The van der Waals surface area contributed by atoms with Crippen LogP contribution in [0.1, 0.15) is 24.3 Å². The lowest BCUT2D eigenvalue weighted by molar-refractivity contribution is 0.257. The highest BCUT2D eigenvalue weighted by Crippen LogP contribution is 2.44. The fraction of sp³-hybridized carbons (Fsp3) is 0.455. The molecule has 1 aromatic rings. The summed E-state index contributed by atoms with van der Waals surface area (Å²) in [6.07, 6.45) is 2.37. The number of phenols is 1. The third kappa shape index (κ3) is 1.42. The van der Waals surface area contributed by atoms with Crippen molar-refractivity contribution in [2.45, 2.75) is 18.8 Å². The van der Waals surface area contributed by atoms with E-state index in [9.17, 15) is 5.11 Å². The average molecular weight is 177 g/mol. The Kier molecular flexibility index (Phi) is 2.23. The van der Waals surface area contributed by atoms with Gasteiger partial charge < -0.3 is 10.8 Å². The second kappa shape index (κ2) is 3.38. The summed E-state index contributed by atoms with van der Waals surface area (Å²) in [5.41, 5.74) is 6.70. The van der Waals surface area contributed by atoms with Crippen LogP contribution in [0.3, 0.4) is 0 Å².